The van der Waals surface area contributed by atoms with E-state index < -0.39 is 23.7 Å². The number of nitrogens with two attached hydrogens (primary N) is 1. The summed E-state index contributed by atoms with van der Waals surface area (Å²) >= 11 is 0. The van der Waals surface area contributed by atoms with Crippen molar-refractivity contribution in [2.75, 3.05) is 6.54 Å². The molecule has 32 heavy (non-hydrogen) atoms. The first-order valence-electron chi connectivity index (χ1n) is 10.4. The number of fused-ring (bicyclic) bond motifs is 1. The van der Waals surface area contributed by atoms with Crippen molar-refractivity contribution in [1.82, 2.24) is 5.32 Å². The first-order chi connectivity index (χ1) is 15.5. The number of ether oxygens (including phenoxy) is 2. The highest BCUT2D eigenvalue weighted by molar-refractivity contribution is 5.85. The zero-order chi connectivity index (χ0) is 22.9. The van der Waals surface area contributed by atoms with Crippen LogP contribution in [0.1, 0.15) is 30.4 Å². The van der Waals surface area contributed by atoms with Crippen molar-refractivity contribution in [3.05, 3.63) is 76.1 Å². The summed E-state index contributed by atoms with van der Waals surface area (Å²) in [6.45, 7) is 2.35. The van der Waals surface area contributed by atoms with Gasteiger partial charge in [-0.3, -0.25) is 0 Å². The van der Waals surface area contributed by atoms with E-state index in [9.17, 15) is 14.4 Å². The highest BCUT2D eigenvalue weighted by atomic mass is 16.6. The Morgan fingerprint density at radius 1 is 1.09 bits per heavy atom. The SMILES string of the molecule is Cc1cc(=O)oc2cc(OC(=O)[C@H](CCCCN)NC(=O)OCc3ccccc3)ccc12. The predicted octanol–water partition coefficient (Wildman–Crippen LogP) is 3.43. The van der Waals surface area contributed by atoms with Crippen LogP contribution in [0.5, 0.6) is 5.75 Å². The first kappa shape index (κ1) is 23.0. The molecule has 0 saturated heterocycles. The lowest BCUT2D eigenvalue weighted by atomic mass is 10.1. The highest BCUT2D eigenvalue weighted by Gasteiger charge is 2.23. The number of benzene rings is 2. The number of nitrogens with one attached hydrogen (secondary N) is 1. The molecule has 168 valence electrons. The summed E-state index contributed by atoms with van der Waals surface area (Å²) in [5.74, 6) is -0.437. The van der Waals surface area contributed by atoms with Gasteiger partial charge in [-0.15, -0.1) is 0 Å². The van der Waals surface area contributed by atoms with Crippen LogP contribution in [0.4, 0.5) is 4.79 Å². The Balaban J connectivity index is 1.67. The second kappa shape index (κ2) is 11.1. The van der Waals surface area contributed by atoms with Gasteiger partial charge in [-0.1, -0.05) is 30.3 Å². The van der Waals surface area contributed by atoms with Crippen LogP contribution in [0, 0.1) is 6.92 Å². The van der Waals surface area contributed by atoms with Gasteiger partial charge in [0, 0.05) is 17.5 Å². The van der Waals surface area contributed by atoms with Crippen molar-refractivity contribution in [1.29, 1.82) is 0 Å². The summed E-state index contributed by atoms with van der Waals surface area (Å²) in [6.07, 6.45) is 0.952. The van der Waals surface area contributed by atoms with Gasteiger partial charge < -0.3 is 24.9 Å². The molecule has 1 aromatic heterocycles. The Bertz CT molecular complexity index is 1130. The lowest BCUT2D eigenvalue weighted by Gasteiger charge is -2.17. The second-order valence-corrected chi connectivity index (χ2v) is 7.37. The molecule has 3 aromatic rings. The average Bonchev–Trinajstić information content (AvgIpc) is 2.77. The molecule has 1 heterocycles. The van der Waals surface area contributed by atoms with Crippen LogP contribution in [0.25, 0.3) is 11.0 Å². The van der Waals surface area contributed by atoms with Gasteiger partial charge in [-0.05, 0) is 56.0 Å². The zero-order valence-electron chi connectivity index (χ0n) is 17.8. The molecule has 0 bridgehead atoms. The fraction of sp³-hybridized carbons (Fsp3) is 0.292. The fourth-order valence-electron chi connectivity index (χ4n) is 3.20. The normalized spacial score (nSPS) is 11.7. The van der Waals surface area contributed by atoms with Gasteiger partial charge in [0.05, 0.1) is 0 Å². The summed E-state index contributed by atoms with van der Waals surface area (Å²) in [6, 6.07) is 14.5. The minimum atomic E-state index is -0.912. The van der Waals surface area contributed by atoms with Crippen LogP contribution >= 0.6 is 0 Å². The van der Waals surface area contributed by atoms with Crippen LogP contribution in [0.15, 0.2) is 63.8 Å². The minimum absolute atomic E-state index is 0.0836. The van der Waals surface area contributed by atoms with Crippen molar-refractivity contribution in [2.45, 2.75) is 38.8 Å². The van der Waals surface area contributed by atoms with E-state index in [1.807, 2.05) is 30.3 Å². The third-order valence-corrected chi connectivity index (χ3v) is 4.88. The molecule has 0 saturated carbocycles. The number of hydrogen-bond acceptors (Lipinski definition) is 7. The van der Waals surface area contributed by atoms with Gasteiger partial charge in [-0.2, -0.15) is 0 Å². The number of carbonyl (C=O) groups is 2. The maximum absolute atomic E-state index is 12.8. The Morgan fingerprint density at radius 2 is 1.88 bits per heavy atom. The van der Waals surface area contributed by atoms with Gasteiger partial charge in [0.1, 0.15) is 24.0 Å². The first-order valence-corrected chi connectivity index (χ1v) is 10.4. The van der Waals surface area contributed by atoms with Gasteiger partial charge in [-0.25, -0.2) is 14.4 Å². The van der Waals surface area contributed by atoms with E-state index >= 15 is 0 Å². The molecule has 0 radical (unpaired) electrons. The van der Waals surface area contributed by atoms with Gasteiger partial charge in [0.2, 0.25) is 0 Å². The van der Waals surface area contributed by atoms with E-state index in [0.29, 0.717) is 31.4 Å². The van der Waals surface area contributed by atoms with Gasteiger partial charge in [0.25, 0.3) is 0 Å². The van der Waals surface area contributed by atoms with Gasteiger partial charge >= 0.3 is 17.7 Å². The Kier molecular flexibility index (Phi) is 7.99. The maximum atomic E-state index is 12.8. The number of aryl methyl sites for hydroxylation is 1. The summed E-state index contributed by atoms with van der Waals surface area (Å²) in [5.41, 5.74) is 6.96. The van der Waals surface area contributed by atoms with E-state index in [0.717, 1.165) is 16.5 Å². The molecule has 0 aliphatic heterocycles. The van der Waals surface area contributed by atoms with E-state index in [2.05, 4.69) is 5.32 Å². The molecule has 0 aliphatic carbocycles. The predicted molar refractivity (Wildman–Crippen MR) is 119 cm³/mol. The number of alkyl carbamates (subject to hydrolysis) is 1. The molecule has 3 rings (SSSR count). The molecular weight excluding hydrogens is 412 g/mol. The highest BCUT2D eigenvalue weighted by Crippen LogP contribution is 2.22. The summed E-state index contributed by atoms with van der Waals surface area (Å²) in [4.78, 5) is 36.7. The van der Waals surface area contributed by atoms with Crippen LogP contribution < -0.4 is 21.4 Å². The fourth-order valence-corrected chi connectivity index (χ4v) is 3.20. The van der Waals surface area contributed by atoms with Crippen molar-refractivity contribution in [2.24, 2.45) is 5.73 Å². The third kappa shape index (κ3) is 6.42. The zero-order valence-corrected chi connectivity index (χ0v) is 17.8. The van der Waals surface area contributed by atoms with Crippen molar-refractivity contribution in [3.8, 4) is 5.75 Å². The summed E-state index contributed by atoms with van der Waals surface area (Å²) < 4.78 is 15.9. The molecule has 0 spiro atoms. The lowest BCUT2D eigenvalue weighted by Crippen LogP contribution is -2.43. The second-order valence-electron chi connectivity index (χ2n) is 7.37. The number of unbranched alkanes of at least 4 members (excludes halogenated alkanes) is 1. The quantitative estimate of drug-likeness (QED) is 0.227. The smallest absolute Gasteiger partial charge is 0.408 e. The molecular formula is C24H26N2O6. The number of amides is 1. The minimum Gasteiger partial charge on any atom is -0.445 e. The number of rotatable bonds is 9. The monoisotopic (exact) mass is 438 g/mol. The van der Waals surface area contributed by atoms with E-state index in [4.69, 9.17) is 19.6 Å². The third-order valence-electron chi connectivity index (χ3n) is 4.88. The number of carbonyl (C=O) groups excluding carboxylic acids is 2. The van der Waals surface area contributed by atoms with Gasteiger partial charge in [0.15, 0.2) is 0 Å². The molecule has 0 aliphatic rings. The van der Waals surface area contributed by atoms with Crippen LogP contribution in [0.2, 0.25) is 0 Å². The topological polar surface area (TPSA) is 121 Å². The van der Waals surface area contributed by atoms with Crippen molar-refractivity contribution >= 4 is 23.0 Å². The molecule has 2 aromatic carbocycles. The molecule has 1 amide bonds. The standard InChI is InChI=1S/C24H26N2O6/c1-16-13-22(27)32-21-14-18(10-11-19(16)21)31-23(28)20(9-5-6-12-25)26-24(29)30-15-17-7-3-2-4-8-17/h2-4,7-8,10-11,13-14,20H,5-6,9,12,15,25H2,1H3,(H,26,29)/t20-/m0/s1. The van der Waals surface area contributed by atoms with E-state index in [1.54, 1.807) is 19.1 Å². The number of esters is 1. The number of hydrogen-bond donors (Lipinski definition) is 2. The summed E-state index contributed by atoms with van der Waals surface area (Å²) in [7, 11) is 0. The largest absolute Gasteiger partial charge is 0.445 e. The summed E-state index contributed by atoms with van der Waals surface area (Å²) in [5, 5.41) is 3.31. The maximum Gasteiger partial charge on any atom is 0.408 e. The Morgan fingerprint density at radius 3 is 2.62 bits per heavy atom. The Labute approximate surface area is 185 Å². The lowest BCUT2D eigenvalue weighted by molar-refractivity contribution is -0.136. The molecule has 8 nitrogen and oxygen atoms in total. The molecule has 1 atom stereocenters. The molecule has 0 fully saturated rings. The average molecular weight is 438 g/mol. The van der Waals surface area contributed by atoms with E-state index in [-0.39, 0.29) is 12.4 Å². The molecule has 0 unspecified atom stereocenters. The van der Waals surface area contributed by atoms with Crippen molar-refractivity contribution in [3.63, 3.8) is 0 Å². The van der Waals surface area contributed by atoms with Crippen LogP contribution in [0.3, 0.4) is 0 Å². The molecule has 8 heteroatoms. The van der Waals surface area contributed by atoms with Crippen molar-refractivity contribution < 1.29 is 23.5 Å². The van der Waals surface area contributed by atoms with Crippen LogP contribution in [-0.2, 0) is 16.1 Å². The van der Waals surface area contributed by atoms with Crippen LogP contribution in [-0.4, -0.2) is 24.6 Å². The molecule has 3 N–H and O–H groups in total. The Hall–Kier alpha value is -3.65. The van der Waals surface area contributed by atoms with E-state index in [1.165, 1.54) is 12.1 Å².